The van der Waals surface area contributed by atoms with Crippen molar-refractivity contribution in [3.8, 4) is 0 Å². The molecule has 1 aliphatic rings. The molecule has 0 spiro atoms. The molecule has 1 saturated heterocycles. The van der Waals surface area contributed by atoms with E-state index in [-0.39, 0.29) is 23.7 Å². The number of anilines is 1. The number of urea groups is 1. The van der Waals surface area contributed by atoms with Crippen molar-refractivity contribution in [2.45, 2.75) is 26.2 Å². The predicted octanol–water partition coefficient (Wildman–Crippen LogP) is 2.25. The quantitative estimate of drug-likeness (QED) is 0.897. The minimum Gasteiger partial charge on any atom is -0.370 e. The van der Waals surface area contributed by atoms with E-state index in [1.165, 1.54) is 6.07 Å². The van der Waals surface area contributed by atoms with Gasteiger partial charge in [-0.3, -0.25) is 4.79 Å². The van der Waals surface area contributed by atoms with Gasteiger partial charge in [0.15, 0.2) is 0 Å². The zero-order valence-electron chi connectivity index (χ0n) is 12.1. The number of likely N-dealkylation sites (tertiary alicyclic amines) is 1. The van der Waals surface area contributed by atoms with Crippen LogP contribution < -0.4 is 11.1 Å². The highest BCUT2D eigenvalue weighted by molar-refractivity contribution is 5.90. The standard InChI is InChI=1S/C15H20FN3O2/c1-10-12(16)5-2-6-13(10)18-15(21)19-7-3-4-11(9-19)8-14(17)20/h2,5-6,11H,3-4,7-9H2,1H3,(H2,17,20)(H,18,21)/t11-/m1/s1. The lowest BCUT2D eigenvalue weighted by atomic mass is 9.95. The summed E-state index contributed by atoms with van der Waals surface area (Å²) in [7, 11) is 0. The van der Waals surface area contributed by atoms with Crippen molar-refractivity contribution in [2.75, 3.05) is 18.4 Å². The molecule has 3 N–H and O–H groups in total. The normalized spacial score (nSPS) is 18.4. The number of hydrogen-bond donors (Lipinski definition) is 2. The van der Waals surface area contributed by atoms with Gasteiger partial charge in [0.25, 0.3) is 0 Å². The van der Waals surface area contributed by atoms with Crippen molar-refractivity contribution in [2.24, 2.45) is 11.7 Å². The van der Waals surface area contributed by atoms with Crippen LogP contribution in [0, 0.1) is 18.7 Å². The first-order valence-corrected chi connectivity index (χ1v) is 7.06. The fourth-order valence-corrected chi connectivity index (χ4v) is 2.64. The van der Waals surface area contributed by atoms with Crippen LogP contribution in [-0.2, 0) is 4.79 Å². The van der Waals surface area contributed by atoms with Crippen molar-refractivity contribution >= 4 is 17.6 Å². The molecule has 3 amide bonds. The molecule has 114 valence electrons. The van der Waals surface area contributed by atoms with Gasteiger partial charge in [-0.1, -0.05) is 6.07 Å². The van der Waals surface area contributed by atoms with E-state index in [9.17, 15) is 14.0 Å². The zero-order chi connectivity index (χ0) is 15.4. The first kappa shape index (κ1) is 15.3. The number of rotatable bonds is 3. The van der Waals surface area contributed by atoms with Gasteiger partial charge in [-0.2, -0.15) is 0 Å². The van der Waals surface area contributed by atoms with Crippen molar-refractivity contribution in [1.82, 2.24) is 4.90 Å². The largest absolute Gasteiger partial charge is 0.370 e. The molecule has 0 saturated carbocycles. The summed E-state index contributed by atoms with van der Waals surface area (Å²) in [5.41, 5.74) is 6.09. The number of halogens is 1. The first-order valence-electron chi connectivity index (χ1n) is 7.06. The van der Waals surface area contributed by atoms with E-state index < -0.39 is 0 Å². The molecule has 1 atom stereocenters. The number of piperidine rings is 1. The van der Waals surface area contributed by atoms with E-state index in [4.69, 9.17) is 5.73 Å². The van der Waals surface area contributed by atoms with Crippen LogP contribution in [-0.4, -0.2) is 29.9 Å². The van der Waals surface area contributed by atoms with Crippen molar-refractivity contribution in [1.29, 1.82) is 0 Å². The highest BCUT2D eigenvalue weighted by Crippen LogP contribution is 2.22. The average Bonchev–Trinajstić information content (AvgIpc) is 2.43. The smallest absolute Gasteiger partial charge is 0.321 e. The van der Waals surface area contributed by atoms with Gasteiger partial charge in [0.2, 0.25) is 5.91 Å². The summed E-state index contributed by atoms with van der Waals surface area (Å²) < 4.78 is 13.5. The van der Waals surface area contributed by atoms with E-state index in [1.807, 2.05) is 0 Å². The van der Waals surface area contributed by atoms with Crippen LogP contribution in [0.4, 0.5) is 14.9 Å². The molecule has 2 rings (SSSR count). The number of hydrogen-bond acceptors (Lipinski definition) is 2. The lowest BCUT2D eigenvalue weighted by molar-refractivity contribution is -0.119. The first-order chi connectivity index (χ1) is 9.97. The third kappa shape index (κ3) is 3.93. The van der Waals surface area contributed by atoms with Crippen molar-refractivity contribution in [3.63, 3.8) is 0 Å². The minimum absolute atomic E-state index is 0.107. The van der Waals surface area contributed by atoms with Crippen LogP contribution in [0.3, 0.4) is 0 Å². The fraction of sp³-hybridized carbons (Fsp3) is 0.467. The molecule has 1 aliphatic heterocycles. The highest BCUT2D eigenvalue weighted by Gasteiger charge is 2.25. The molecule has 0 bridgehead atoms. The fourth-order valence-electron chi connectivity index (χ4n) is 2.64. The molecule has 1 aromatic rings. The number of carbonyl (C=O) groups excluding carboxylic acids is 2. The van der Waals surface area contributed by atoms with E-state index in [2.05, 4.69) is 5.32 Å². The summed E-state index contributed by atoms with van der Waals surface area (Å²) in [6.45, 7) is 2.76. The Balaban J connectivity index is 1.99. The number of amides is 3. The number of nitrogens with two attached hydrogens (primary N) is 1. The monoisotopic (exact) mass is 293 g/mol. The van der Waals surface area contributed by atoms with Gasteiger partial charge in [-0.25, -0.2) is 9.18 Å². The van der Waals surface area contributed by atoms with E-state index in [0.29, 0.717) is 30.8 Å². The molecule has 6 heteroatoms. The second-order valence-electron chi connectivity index (χ2n) is 5.47. The Morgan fingerprint density at radius 1 is 1.48 bits per heavy atom. The summed E-state index contributed by atoms with van der Waals surface area (Å²) in [5, 5.41) is 2.73. The highest BCUT2D eigenvalue weighted by atomic mass is 19.1. The van der Waals surface area contributed by atoms with Crippen molar-refractivity contribution in [3.05, 3.63) is 29.6 Å². The molecule has 1 heterocycles. The number of benzene rings is 1. The summed E-state index contributed by atoms with van der Waals surface area (Å²) in [6, 6.07) is 4.32. The Kier molecular flexibility index (Phi) is 4.77. The lowest BCUT2D eigenvalue weighted by Crippen LogP contribution is -2.43. The minimum atomic E-state index is -0.349. The van der Waals surface area contributed by atoms with Crippen molar-refractivity contribution < 1.29 is 14.0 Å². The molecule has 0 unspecified atom stereocenters. The maximum atomic E-state index is 13.5. The van der Waals surface area contributed by atoms with Gasteiger partial charge in [0.1, 0.15) is 5.82 Å². The predicted molar refractivity (Wildman–Crippen MR) is 78.3 cm³/mol. The Morgan fingerprint density at radius 3 is 2.95 bits per heavy atom. The van der Waals surface area contributed by atoms with Gasteiger partial charge in [-0.05, 0) is 37.8 Å². The molecule has 0 aliphatic carbocycles. The third-order valence-corrected chi connectivity index (χ3v) is 3.81. The molecule has 21 heavy (non-hydrogen) atoms. The van der Waals surface area contributed by atoms with Gasteiger partial charge >= 0.3 is 6.03 Å². The molecular formula is C15H20FN3O2. The van der Waals surface area contributed by atoms with Gasteiger partial charge < -0.3 is 16.0 Å². The Labute approximate surface area is 123 Å². The van der Waals surface area contributed by atoms with E-state index >= 15 is 0 Å². The Hall–Kier alpha value is -2.11. The Bertz CT molecular complexity index is 548. The van der Waals surface area contributed by atoms with Crippen LogP contribution in [0.15, 0.2) is 18.2 Å². The van der Waals surface area contributed by atoms with Crippen LogP contribution in [0.1, 0.15) is 24.8 Å². The van der Waals surface area contributed by atoms with E-state index in [0.717, 1.165) is 12.8 Å². The maximum absolute atomic E-state index is 13.5. The molecule has 0 radical (unpaired) electrons. The van der Waals surface area contributed by atoms with Gasteiger partial charge in [0.05, 0.1) is 0 Å². The average molecular weight is 293 g/mol. The van der Waals surface area contributed by atoms with E-state index in [1.54, 1.807) is 24.0 Å². The summed E-state index contributed by atoms with van der Waals surface area (Å²) in [5.74, 6) is -0.586. The zero-order valence-corrected chi connectivity index (χ0v) is 12.1. The molecular weight excluding hydrogens is 273 g/mol. The summed E-state index contributed by atoms with van der Waals surface area (Å²) >= 11 is 0. The number of nitrogens with zero attached hydrogens (tertiary/aromatic N) is 1. The van der Waals surface area contributed by atoms with Crippen LogP contribution in [0.2, 0.25) is 0 Å². The molecule has 1 fully saturated rings. The third-order valence-electron chi connectivity index (χ3n) is 3.81. The Morgan fingerprint density at radius 2 is 2.24 bits per heavy atom. The molecule has 5 nitrogen and oxygen atoms in total. The lowest BCUT2D eigenvalue weighted by Gasteiger charge is -2.32. The number of primary amides is 1. The van der Waals surface area contributed by atoms with Crippen LogP contribution in [0.25, 0.3) is 0 Å². The topological polar surface area (TPSA) is 75.4 Å². The molecule has 0 aromatic heterocycles. The number of nitrogens with one attached hydrogen (secondary N) is 1. The maximum Gasteiger partial charge on any atom is 0.321 e. The summed E-state index contributed by atoms with van der Waals surface area (Å²) in [6.07, 6.45) is 2.03. The molecule has 1 aromatic carbocycles. The van der Waals surface area contributed by atoms with Crippen LogP contribution >= 0.6 is 0 Å². The SMILES string of the molecule is Cc1c(F)cccc1NC(=O)N1CCC[C@H](CC(N)=O)C1. The second kappa shape index (κ2) is 6.56. The van der Waals surface area contributed by atoms with Crippen LogP contribution in [0.5, 0.6) is 0 Å². The number of carbonyl (C=O) groups is 2. The van der Waals surface area contributed by atoms with Gasteiger partial charge in [-0.15, -0.1) is 0 Å². The second-order valence-corrected chi connectivity index (χ2v) is 5.47. The van der Waals surface area contributed by atoms with Gasteiger partial charge in [0, 0.05) is 30.8 Å². The summed E-state index contributed by atoms with van der Waals surface area (Å²) in [4.78, 5) is 24.9.